The van der Waals surface area contributed by atoms with Crippen molar-refractivity contribution in [3.05, 3.63) is 35.4 Å². The molecule has 0 saturated heterocycles. The Labute approximate surface area is 119 Å². The monoisotopic (exact) mass is 305 g/mol. The normalized spacial score (nSPS) is 13.4. The number of hydrogen-bond acceptors (Lipinski definition) is 3. The summed E-state index contributed by atoms with van der Waals surface area (Å²) >= 11 is 0. The quantitative estimate of drug-likeness (QED) is 0.801. The Balaban J connectivity index is 2.55. The lowest BCUT2D eigenvalue weighted by Crippen LogP contribution is -2.28. The van der Waals surface area contributed by atoms with Crippen LogP contribution in [0.4, 0.5) is 8.78 Å². The summed E-state index contributed by atoms with van der Waals surface area (Å²) < 4.78 is 49.0. The molecule has 20 heavy (non-hydrogen) atoms. The van der Waals surface area contributed by atoms with Crippen LogP contribution < -0.4 is 5.32 Å². The number of rotatable bonds is 8. The van der Waals surface area contributed by atoms with Gasteiger partial charge in [-0.25, -0.2) is 17.2 Å². The zero-order valence-electron chi connectivity index (χ0n) is 11.8. The molecule has 1 aromatic carbocycles. The average Bonchev–Trinajstić information content (AvgIpc) is 2.36. The summed E-state index contributed by atoms with van der Waals surface area (Å²) in [4.78, 5) is 0. The van der Waals surface area contributed by atoms with Crippen molar-refractivity contribution in [1.82, 2.24) is 5.32 Å². The van der Waals surface area contributed by atoms with E-state index >= 15 is 0 Å². The highest BCUT2D eigenvalue weighted by Crippen LogP contribution is 2.12. The zero-order valence-corrected chi connectivity index (χ0v) is 12.6. The van der Waals surface area contributed by atoms with Gasteiger partial charge in [0.15, 0.2) is 0 Å². The van der Waals surface area contributed by atoms with Gasteiger partial charge in [-0.2, -0.15) is 0 Å². The Morgan fingerprint density at radius 2 is 1.80 bits per heavy atom. The van der Waals surface area contributed by atoms with Crippen LogP contribution in [0.3, 0.4) is 0 Å². The lowest BCUT2D eigenvalue weighted by atomic mass is 10.0. The highest BCUT2D eigenvalue weighted by atomic mass is 32.2. The van der Waals surface area contributed by atoms with E-state index in [0.29, 0.717) is 24.8 Å². The van der Waals surface area contributed by atoms with E-state index in [1.165, 1.54) is 12.1 Å². The fraction of sp³-hybridized carbons (Fsp3) is 0.571. The molecule has 0 saturated carbocycles. The van der Waals surface area contributed by atoms with E-state index in [4.69, 9.17) is 0 Å². The molecule has 0 amide bonds. The van der Waals surface area contributed by atoms with Gasteiger partial charge in [0.2, 0.25) is 0 Å². The van der Waals surface area contributed by atoms with Crippen molar-refractivity contribution >= 4 is 9.84 Å². The van der Waals surface area contributed by atoms with Crippen LogP contribution in [0.1, 0.15) is 25.3 Å². The molecule has 1 atom stereocenters. The largest absolute Gasteiger partial charge is 0.317 e. The average molecular weight is 305 g/mol. The van der Waals surface area contributed by atoms with Gasteiger partial charge in [-0.3, -0.25) is 0 Å². The number of benzene rings is 1. The second-order valence-corrected chi connectivity index (χ2v) is 7.32. The maximum Gasteiger partial charge on any atom is 0.150 e. The van der Waals surface area contributed by atoms with E-state index in [1.54, 1.807) is 14.0 Å². The lowest BCUT2D eigenvalue weighted by Gasteiger charge is -2.16. The standard InChI is InChI=1S/C14H21F2NO2S/c1-3-20(18,19)6-4-5-14(17-2)9-11-7-12(15)10-13(16)8-11/h7-8,10,14,17H,3-6,9H2,1-2H3. The van der Waals surface area contributed by atoms with Crippen molar-refractivity contribution in [1.29, 1.82) is 0 Å². The Hall–Kier alpha value is -1.01. The maximum atomic E-state index is 13.1. The van der Waals surface area contributed by atoms with Gasteiger partial charge in [-0.15, -0.1) is 0 Å². The smallest absolute Gasteiger partial charge is 0.150 e. The van der Waals surface area contributed by atoms with Gasteiger partial charge in [0.05, 0.1) is 5.75 Å². The molecule has 0 heterocycles. The lowest BCUT2D eigenvalue weighted by molar-refractivity contribution is 0.506. The van der Waals surface area contributed by atoms with Gasteiger partial charge in [-0.1, -0.05) is 6.92 Å². The minimum Gasteiger partial charge on any atom is -0.317 e. The molecule has 1 aromatic rings. The van der Waals surface area contributed by atoms with Gasteiger partial charge in [0, 0.05) is 17.9 Å². The zero-order chi connectivity index (χ0) is 15.2. The molecule has 1 unspecified atom stereocenters. The molecule has 114 valence electrons. The van der Waals surface area contributed by atoms with Crippen LogP contribution in [-0.4, -0.2) is 33.0 Å². The van der Waals surface area contributed by atoms with Crippen LogP contribution in [0.15, 0.2) is 18.2 Å². The molecule has 1 N–H and O–H groups in total. The highest BCUT2D eigenvalue weighted by molar-refractivity contribution is 7.91. The fourth-order valence-corrected chi connectivity index (χ4v) is 2.95. The third-order valence-corrected chi connectivity index (χ3v) is 5.05. The van der Waals surface area contributed by atoms with Crippen LogP contribution in [0.5, 0.6) is 0 Å². The summed E-state index contributed by atoms with van der Waals surface area (Å²) in [6, 6.07) is 3.45. The van der Waals surface area contributed by atoms with E-state index in [1.807, 2.05) is 0 Å². The van der Waals surface area contributed by atoms with Crippen LogP contribution in [0.2, 0.25) is 0 Å². The molecule has 0 spiro atoms. The summed E-state index contributed by atoms with van der Waals surface area (Å²) in [5.74, 6) is -0.891. The molecule has 0 radical (unpaired) electrons. The van der Waals surface area contributed by atoms with Crippen molar-refractivity contribution in [2.24, 2.45) is 0 Å². The molecule has 0 aliphatic carbocycles. The molecule has 0 bridgehead atoms. The van der Waals surface area contributed by atoms with Crippen molar-refractivity contribution in [3.8, 4) is 0 Å². The number of halogens is 2. The molecule has 6 heteroatoms. The van der Waals surface area contributed by atoms with Crippen molar-refractivity contribution < 1.29 is 17.2 Å². The van der Waals surface area contributed by atoms with Gasteiger partial charge < -0.3 is 5.32 Å². The maximum absolute atomic E-state index is 13.1. The van der Waals surface area contributed by atoms with Crippen LogP contribution in [0.25, 0.3) is 0 Å². The summed E-state index contributed by atoms with van der Waals surface area (Å²) in [5.41, 5.74) is 0.570. The van der Waals surface area contributed by atoms with E-state index in [9.17, 15) is 17.2 Å². The van der Waals surface area contributed by atoms with Gasteiger partial charge in [0.1, 0.15) is 21.5 Å². The van der Waals surface area contributed by atoms with E-state index < -0.39 is 21.5 Å². The molecule has 0 aliphatic heterocycles. The number of likely N-dealkylation sites (N-methyl/N-ethyl adjacent to an activating group) is 1. The summed E-state index contributed by atoms with van der Waals surface area (Å²) in [7, 11) is -1.20. The molecule has 0 aromatic heterocycles. The molecule has 1 rings (SSSR count). The first-order valence-corrected chi connectivity index (χ1v) is 8.51. The van der Waals surface area contributed by atoms with Gasteiger partial charge in [-0.05, 0) is 44.0 Å². The molecule has 0 fully saturated rings. The second kappa shape index (κ2) is 7.69. The Morgan fingerprint density at radius 3 is 2.30 bits per heavy atom. The van der Waals surface area contributed by atoms with Gasteiger partial charge >= 0.3 is 0 Å². The van der Waals surface area contributed by atoms with E-state index in [2.05, 4.69) is 5.32 Å². The fourth-order valence-electron chi connectivity index (χ4n) is 2.06. The molecular weight excluding hydrogens is 284 g/mol. The summed E-state index contributed by atoms with van der Waals surface area (Å²) in [6.07, 6.45) is 1.66. The Kier molecular flexibility index (Phi) is 6.55. The molecule has 3 nitrogen and oxygen atoms in total. The number of sulfone groups is 1. The summed E-state index contributed by atoms with van der Waals surface area (Å²) in [5, 5.41) is 3.05. The minimum atomic E-state index is -2.96. The van der Waals surface area contributed by atoms with Crippen LogP contribution in [0, 0.1) is 11.6 Å². The summed E-state index contributed by atoms with van der Waals surface area (Å²) in [6.45, 7) is 1.63. The van der Waals surface area contributed by atoms with Crippen molar-refractivity contribution in [2.75, 3.05) is 18.6 Å². The SMILES string of the molecule is CCS(=O)(=O)CCCC(Cc1cc(F)cc(F)c1)NC. The topological polar surface area (TPSA) is 46.2 Å². The van der Waals surface area contributed by atoms with E-state index in [0.717, 1.165) is 6.07 Å². The Morgan fingerprint density at radius 1 is 1.20 bits per heavy atom. The number of nitrogens with one attached hydrogen (secondary N) is 1. The van der Waals surface area contributed by atoms with Gasteiger partial charge in [0.25, 0.3) is 0 Å². The van der Waals surface area contributed by atoms with Crippen LogP contribution >= 0.6 is 0 Å². The third kappa shape index (κ3) is 5.96. The predicted molar refractivity (Wildman–Crippen MR) is 76.5 cm³/mol. The first-order chi connectivity index (χ1) is 9.36. The first-order valence-electron chi connectivity index (χ1n) is 6.69. The predicted octanol–water partition coefficient (Wildman–Crippen LogP) is 2.31. The first kappa shape index (κ1) is 17.0. The third-order valence-electron chi connectivity index (χ3n) is 3.26. The minimum absolute atomic E-state index is 0.00301. The highest BCUT2D eigenvalue weighted by Gasteiger charge is 2.12. The van der Waals surface area contributed by atoms with Crippen LogP contribution in [-0.2, 0) is 16.3 Å². The van der Waals surface area contributed by atoms with Crippen molar-refractivity contribution in [2.45, 2.75) is 32.2 Å². The second-order valence-electron chi connectivity index (χ2n) is 4.85. The number of hydrogen-bond donors (Lipinski definition) is 1. The van der Waals surface area contributed by atoms with E-state index in [-0.39, 0.29) is 17.5 Å². The Bertz CT molecular complexity index is 512. The molecule has 0 aliphatic rings. The molecular formula is C14H21F2NO2S. The van der Waals surface area contributed by atoms with Crippen molar-refractivity contribution in [3.63, 3.8) is 0 Å².